The summed E-state index contributed by atoms with van der Waals surface area (Å²) >= 11 is 5.83. The monoisotopic (exact) mass is 307 g/mol. The fourth-order valence-corrected chi connectivity index (χ4v) is 2.68. The first-order valence-electron chi connectivity index (χ1n) is 6.76. The molecule has 112 valence electrons. The van der Waals surface area contributed by atoms with E-state index in [-0.39, 0.29) is 11.9 Å². The second-order valence-corrected chi connectivity index (χ2v) is 5.45. The van der Waals surface area contributed by atoms with Gasteiger partial charge in [0.25, 0.3) is 0 Å². The smallest absolute Gasteiger partial charge is 0.129 e. The highest BCUT2D eigenvalue weighted by atomic mass is 35.5. The average Bonchev–Trinajstić information content (AvgIpc) is 2.45. The zero-order valence-corrected chi connectivity index (χ0v) is 13.4. The first kappa shape index (κ1) is 15.8. The number of hydrogen-bond donors (Lipinski definition) is 1. The molecule has 0 aliphatic heterocycles. The highest BCUT2D eigenvalue weighted by Gasteiger charge is 2.21. The van der Waals surface area contributed by atoms with Gasteiger partial charge in [0.05, 0.1) is 13.2 Å². The Morgan fingerprint density at radius 2 is 1.81 bits per heavy atom. The molecule has 0 fully saturated rings. The Morgan fingerprint density at radius 3 is 2.38 bits per heavy atom. The number of hydrogen-bond acceptors (Lipinski definition) is 2. The highest BCUT2D eigenvalue weighted by molar-refractivity contribution is 6.30. The van der Waals surface area contributed by atoms with Gasteiger partial charge in [-0.3, -0.25) is 0 Å². The quantitative estimate of drug-likeness (QED) is 0.903. The Bertz CT molecular complexity index is 657. The molecule has 0 heterocycles. The maximum atomic E-state index is 14.2. The fraction of sp³-hybridized carbons (Fsp3) is 0.294. The standard InChI is InChI=1S/C17H19ClFNO/c1-10-5-7-14(17(21-4)11(10)2)16(20-3)13-8-6-12(18)9-15(13)19/h5-9,16,20H,1-4H3. The number of halogens is 2. The van der Waals surface area contributed by atoms with Crippen LogP contribution in [0.3, 0.4) is 0 Å². The van der Waals surface area contributed by atoms with E-state index in [1.165, 1.54) is 6.07 Å². The second kappa shape index (κ2) is 6.46. The summed E-state index contributed by atoms with van der Waals surface area (Å²) in [6.45, 7) is 4.03. The molecule has 0 bridgehead atoms. The lowest BCUT2D eigenvalue weighted by molar-refractivity contribution is 0.401. The van der Waals surface area contributed by atoms with Gasteiger partial charge in [0.2, 0.25) is 0 Å². The molecule has 2 aromatic rings. The molecule has 0 spiro atoms. The third-order valence-corrected chi connectivity index (χ3v) is 4.02. The van der Waals surface area contributed by atoms with Gasteiger partial charge in [0.15, 0.2) is 0 Å². The lowest BCUT2D eigenvalue weighted by atomic mass is 9.94. The molecule has 21 heavy (non-hydrogen) atoms. The van der Waals surface area contributed by atoms with Crippen LogP contribution >= 0.6 is 11.6 Å². The molecule has 0 aliphatic carbocycles. The molecule has 0 amide bonds. The van der Waals surface area contributed by atoms with Crippen molar-refractivity contribution in [3.8, 4) is 5.75 Å². The van der Waals surface area contributed by atoms with Crippen LogP contribution in [0.2, 0.25) is 5.02 Å². The zero-order chi connectivity index (χ0) is 15.6. The van der Waals surface area contributed by atoms with E-state index in [0.717, 1.165) is 22.4 Å². The molecule has 1 atom stereocenters. The van der Waals surface area contributed by atoms with Crippen molar-refractivity contribution in [3.05, 3.63) is 63.4 Å². The van der Waals surface area contributed by atoms with Crippen LogP contribution in [0.25, 0.3) is 0 Å². The Hall–Kier alpha value is -1.58. The summed E-state index contributed by atoms with van der Waals surface area (Å²) in [5, 5.41) is 3.54. The molecule has 0 radical (unpaired) electrons. The number of aryl methyl sites for hydroxylation is 1. The Labute approximate surface area is 129 Å². The molecule has 0 aromatic heterocycles. The van der Waals surface area contributed by atoms with E-state index in [4.69, 9.17) is 16.3 Å². The Kier molecular flexibility index (Phi) is 4.86. The molecule has 2 aromatic carbocycles. The van der Waals surface area contributed by atoms with Gasteiger partial charge >= 0.3 is 0 Å². The summed E-state index contributed by atoms with van der Waals surface area (Å²) < 4.78 is 19.8. The van der Waals surface area contributed by atoms with Gasteiger partial charge in [0, 0.05) is 16.1 Å². The lowest BCUT2D eigenvalue weighted by Gasteiger charge is -2.22. The van der Waals surface area contributed by atoms with Crippen LogP contribution in [0.15, 0.2) is 30.3 Å². The number of benzene rings is 2. The molecule has 0 saturated carbocycles. The van der Waals surface area contributed by atoms with E-state index in [1.807, 2.05) is 26.0 Å². The summed E-state index contributed by atoms with van der Waals surface area (Å²) in [4.78, 5) is 0. The zero-order valence-electron chi connectivity index (χ0n) is 12.6. The van der Waals surface area contributed by atoms with E-state index < -0.39 is 0 Å². The first-order valence-corrected chi connectivity index (χ1v) is 7.13. The van der Waals surface area contributed by atoms with Crippen LogP contribution in [0.1, 0.15) is 28.3 Å². The van der Waals surface area contributed by atoms with Crippen LogP contribution < -0.4 is 10.1 Å². The van der Waals surface area contributed by atoms with Crippen LogP contribution in [0, 0.1) is 19.7 Å². The number of rotatable bonds is 4. The summed E-state index contributed by atoms with van der Waals surface area (Å²) in [6, 6.07) is 8.42. The van der Waals surface area contributed by atoms with Gasteiger partial charge in [-0.05, 0) is 44.2 Å². The summed E-state index contributed by atoms with van der Waals surface area (Å²) in [6.07, 6.45) is 0. The number of methoxy groups -OCH3 is 1. The van der Waals surface area contributed by atoms with Crippen molar-refractivity contribution in [2.24, 2.45) is 0 Å². The molecule has 1 N–H and O–H groups in total. The average molecular weight is 308 g/mol. The van der Waals surface area contributed by atoms with E-state index >= 15 is 0 Å². The van der Waals surface area contributed by atoms with Crippen molar-refractivity contribution in [3.63, 3.8) is 0 Å². The largest absolute Gasteiger partial charge is 0.496 e. The summed E-state index contributed by atoms with van der Waals surface area (Å²) in [7, 11) is 3.43. The maximum Gasteiger partial charge on any atom is 0.129 e. The highest BCUT2D eigenvalue weighted by Crippen LogP contribution is 2.35. The second-order valence-electron chi connectivity index (χ2n) is 5.02. The van der Waals surface area contributed by atoms with Crippen molar-refractivity contribution in [2.45, 2.75) is 19.9 Å². The fourth-order valence-electron chi connectivity index (χ4n) is 2.52. The van der Waals surface area contributed by atoms with E-state index in [0.29, 0.717) is 10.6 Å². The third kappa shape index (κ3) is 3.04. The van der Waals surface area contributed by atoms with Crippen molar-refractivity contribution in [1.82, 2.24) is 5.32 Å². The van der Waals surface area contributed by atoms with Crippen LogP contribution in [-0.4, -0.2) is 14.2 Å². The minimum Gasteiger partial charge on any atom is -0.496 e. The van der Waals surface area contributed by atoms with Crippen molar-refractivity contribution in [1.29, 1.82) is 0 Å². The molecular formula is C17H19ClFNO. The van der Waals surface area contributed by atoms with Gasteiger partial charge in [-0.25, -0.2) is 4.39 Å². The Morgan fingerprint density at radius 1 is 1.14 bits per heavy atom. The summed E-state index contributed by atoms with van der Waals surface area (Å²) in [5.74, 6) is 0.450. The molecule has 2 nitrogen and oxygen atoms in total. The first-order chi connectivity index (χ1) is 9.99. The number of ether oxygens (including phenoxy) is 1. The van der Waals surface area contributed by atoms with Gasteiger partial charge in [-0.2, -0.15) is 0 Å². The maximum absolute atomic E-state index is 14.2. The van der Waals surface area contributed by atoms with E-state index in [1.54, 1.807) is 26.3 Å². The molecule has 0 aliphatic rings. The molecule has 0 saturated heterocycles. The van der Waals surface area contributed by atoms with Crippen LogP contribution in [0.5, 0.6) is 5.75 Å². The third-order valence-electron chi connectivity index (χ3n) is 3.78. The van der Waals surface area contributed by atoms with E-state index in [2.05, 4.69) is 5.32 Å². The Balaban J connectivity index is 2.59. The van der Waals surface area contributed by atoms with Crippen molar-refractivity contribution in [2.75, 3.05) is 14.2 Å². The molecule has 2 rings (SSSR count). The van der Waals surface area contributed by atoms with Gasteiger partial charge in [0.1, 0.15) is 11.6 Å². The minimum absolute atomic E-state index is 0.295. The van der Waals surface area contributed by atoms with Crippen molar-refractivity contribution >= 4 is 11.6 Å². The lowest BCUT2D eigenvalue weighted by Crippen LogP contribution is -2.20. The molecule has 1 unspecified atom stereocenters. The normalized spacial score (nSPS) is 12.3. The van der Waals surface area contributed by atoms with Gasteiger partial charge in [-0.15, -0.1) is 0 Å². The van der Waals surface area contributed by atoms with Crippen LogP contribution in [-0.2, 0) is 0 Å². The molecule has 4 heteroatoms. The van der Waals surface area contributed by atoms with E-state index in [9.17, 15) is 4.39 Å². The predicted octanol–water partition coefficient (Wildman–Crippen LogP) is 4.41. The van der Waals surface area contributed by atoms with Crippen LogP contribution in [0.4, 0.5) is 4.39 Å². The SMILES string of the molecule is CNC(c1ccc(Cl)cc1F)c1ccc(C)c(C)c1OC. The summed E-state index contributed by atoms with van der Waals surface area (Å²) in [5.41, 5.74) is 3.65. The minimum atomic E-state index is -0.331. The predicted molar refractivity (Wildman–Crippen MR) is 84.8 cm³/mol. The number of nitrogens with one attached hydrogen (secondary N) is 1. The van der Waals surface area contributed by atoms with Crippen molar-refractivity contribution < 1.29 is 9.13 Å². The van der Waals surface area contributed by atoms with Gasteiger partial charge in [-0.1, -0.05) is 29.8 Å². The molecular weight excluding hydrogens is 289 g/mol. The topological polar surface area (TPSA) is 21.3 Å². The van der Waals surface area contributed by atoms with Gasteiger partial charge < -0.3 is 10.1 Å².